The van der Waals surface area contributed by atoms with Gasteiger partial charge in [0.25, 0.3) is 5.91 Å². The minimum atomic E-state index is -1.14. The quantitative estimate of drug-likeness (QED) is 0.913. The first-order chi connectivity index (χ1) is 12.4. The fourth-order valence-corrected chi connectivity index (χ4v) is 3.05. The first-order valence-electron chi connectivity index (χ1n) is 8.66. The van der Waals surface area contributed by atoms with E-state index in [1.807, 2.05) is 26.0 Å². The predicted octanol–water partition coefficient (Wildman–Crippen LogP) is 3.08. The van der Waals surface area contributed by atoms with Crippen molar-refractivity contribution in [1.82, 2.24) is 9.88 Å². The van der Waals surface area contributed by atoms with Crippen molar-refractivity contribution in [2.45, 2.75) is 32.8 Å². The molecule has 0 atom stereocenters. The molecule has 3 rings (SSSR count). The van der Waals surface area contributed by atoms with Crippen molar-refractivity contribution in [3.63, 3.8) is 0 Å². The van der Waals surface area contributed by atoms with Crippen LogP contribution in [0.2, 0.25) is 0 Å². The van der Waals surface area contributed by atoms with Gasteiger partial charge in [-0.1, -0.05) is 12.1 Å². The Morgan fingerprint density at radius 1 is 1.15 bits per heavy atom. The minimum absolute atomic E-state index is 0.0755. The van der Waals surface area contributed by atoms with Crippen molar-refractivity contribution in [1.29, 1.82) is 0 Å². The summed E-state index contributed by atoms with van der Waals surface area (Å²) in [4.78, 5) is 29.1. The second-order valence-electron chi connectivity index (χ2n) is 6.61. The molecule has 2 heterocycles. The van der Waals surface area contributed by atoms with Crippen molar-refractivity contribution in [2.75, 3.05) is 13.1 Å². The molecule has 0 unspecified atom stereocenters. The summed E-state index contributed by atoms with van der Waals surface area (Å²) >= 11 is 0. The van der Waals surface area contributed by atoms with Crippen molar-refractivity contribution >= 4 is 11.9 Å². The van der Waals surface area contributed by atoms with E-state index in [1.54, 1.807) is 11.0 Å². The van der Waals surface area contributed by atoms with Crippen molar-refractivity contribution in [2.24, 2.45) is 0 Å². The number of aryl methyl sites for hydroxylation is 2. The number of aromatic carboxylic acids is 1. The van der Waals surface area contributed by atoms with E-state index in [2.05, 4.69) is 11.1 Å². The summed E-state index contributed by atoms with van der Waals surface area (Å²) in [7, 11) is 0. The smallest absolute Gasteiger partial charge is 0.354 e. The molecule has 1 aromatic heterocycles. The molecule has 1 aliphatic rings. The van der Waals surface area contributed by atoms with Gasteiger partial charge in [-0.05, 0) is 43.2 Å². The summed E-state index contributed by atoms with van der Waals surface area (Å²) in [5, 5.41) is 9.01. The van der Waals surface area contributed by atoms with E-state index in [-0.39, 0.29) is 17.7 Å². The third kappa shape index (κ3) is 4.02. The Kier molecular flexibility index (Phi) is 5.21. The van der Waals surface area contributed by atoms with Crippen LogP contribution in [0.5, 0.6) is 5.75 Å². The fraction of sp³-hybridized carbons (Fsp3) is 0.350. The molecule has 6 nitrogen and oxygen atoms in total. The van der Waals surface area contributed by atoms with E-state index < -0.39 is 5.97 Å². The van der Waals surface area contributed by atoms with Gasteiger partial charge >= 0.3 is 5.97 Å². The second kappa shape index (κ2) is 7.56. The molecule has 0 saturated carbocycles. The van der Waals surface area contributed by atoms with Crippen LogP contribution in [0, 0.1) is 13.8 Å². The van der Waals surface area contributed by atoms with Gasteiger partial charge in [-0.15, -0.1) is 0 Å². The molecular weight excluding hydrogens is 332 g/mol. The molecular formula is C20H22N2O4. The van der Waals surface area contributed by atoms with Crippen molar-refractivity contribution in [3.8, 4) is 5.75 Å². The first-order valence-corrected chi connectivity index (χ1v) is 8.66. The molecule has 1 saturated heterocycles. The number of amides is 1. The van der Waals surface area contributed by atoms with Gasteiger partial charge in [0.05, 0.1) is 0 Å². The summed E-state index contributed by atoms with van der Waals surface area (Å²) in [5.74, 6) is -0.407. The molecule has 0 spiro atoms. The highest BCUT2D eigenvalue weighted by Crippen LogP contribution is 2.24. The van der Waals surface area contributed by atoms with E-state index >= 15 is 0 Å². The number of ether oxygens (including phenoxy) is 1. The summed E-state index contributed by atoms with van der Waals surface area (Å²) in [6.45, 7) is 5.22. The second-order valence-corrected chi connectivity index (χ2v) is 6.61. The van der Waals surface area contributed by atoms with Crippen LogP contribution >= 0.6 is 0 Å². The van der Waals surface area contributed by atoms with Gasteiger partial charge in [-0.2, -0.15) is 0 Å². The van der Waals surface area contributed by atoms with Gasteiger partial charge in [-0.3, -0.25) is 4.79 Å². The molecule has 2 aromatic rings. The maximum Gasteiger partial charge on any atom is 0.354 e. The van der Waals surface area contributed by atoms with E-state index in [0.29, 0.717) is 18.7 Å². The number of rotatable bonds is 4. The van der Waals surface area contributed by atoms with Gasteiger partial charge in [0.2, 0.25) is 0 Å². The van der Waals surface area contributed by atoms with Crippen LogP contribution in [0.25, 0.3) is 0 Å². The highest BCUT2D eigenvalue weighted by Gasteiger charge is 2.25. The maximum atomic E-state index is 12.6. The topological polar surface area (TPSA) is 79.7 Å². The minimum Gasteiger partial charge on any atom is -0.490 e. The molecule has 0 radical (unpaired) electrons. The Morgan fingerprint density at radius 2 is 1.88 bits per heavy atom. The van der Waals surface area contributed by atoms with Crippen molar-refractivity contribution in [3.05, 3.63) is 58.9 Å². The molecule has 0 aliphatic carbocycles. The van der Waals surface area contributed by atoms with Gasteiger partial charge < -0.3 is 14.7 Å². The lowest BCUT2D eigenvalue weighted by molar-refractivity contribution is 0.0594. The van der Waals surface area contributed by atoms with Gasteiger partial charge in [0, 0.05) is 37.7 Å². The van der Waals surface area contributed by atoms with E-state index in [4.69, 9.17) is 9.84 Å². The Bertz CT molecular complexity index is 826. The number of carbonyl (C=O) groups excluding carboxylic acids is 1. The predicted molar refractivity (Wildman–Crippen MR) is 96.7 cm³/mol. The number of carboxylic acid groups (broad SMARTS) is 1. The van der Waals surface area contributed by atoms with Crippen LogP contribution in [0.4, 0.5) is 0 Å². The summed E-state index contributed by atoms with van der Waals surface area (Å²) in [5.41, 5.74) is 2.49. The largest absolute Gasteiger partial charge is 0.490 e. The zero-order valence-electron chi connectivity index (χ0n) is 14.9. The number of likely N-dealkylation sites (tertiary alicyclic amines) is 1. The zero-order valence-corrected chi connectivity index (χ0v) is 14.9. The van der Waals surface area contributed by atoms with Gasteiger partial charge in [0.15, 0.2) is 0 Å². The Labute approximate surface area is 152 Å². The van der Waals surface area contributed by atoms with Crippen LogP contribution in [0.3, 0.4) is 0 Å². The third-order valence-electron chi connectivity index (χ3n) is 4.59. The zero-order chi connectivity index (χ0) is 18.7. The normalized spacial score (nSPS) is 14.9. The number of aromatic nitrogens is 1. The molecule has 1 aromatic carbocycles. The molecule has 1 fully saturated rings. The number of carbonyl (C=O) groups is 2. The van der Waals surface area contributed by atoms with Crippen molar-refractivity contribution < 1.29 is 19.4 Å². The SMILES string of the molecule is Cc1ccc(C)c(OC2CCN(C(=O)c3ccnc(C(=O)O)c3)CC2)c1. The Hall–Kier alpha value is -2.89. The Balaban J connectivity index is 1.61. The molecule has 0 bridgehead atoms. The van der Waals surface area contributed by atoms with Crippen LogP contribution in [0.1, 0.15) is 44.8 Å². The lowest BCUT2D eigenvalue weighted by atomic mass is 10.1. The number of pyridine rings is 1. The standard InChI is InChI=1S/C20H22N2O4/c1-13-3-4-14(2)18(11-13)26-16-6-9-22(10-7-16)19(23)15-5-8-21-17(12-15)20(24)25/h3-5,8,11-12,16H,6-7,9-10H2,1-2H3,(H,24,25). The first kappa shape index (κ1) is 17.9. The van der Waals surface area contributed by atoms with Crippen LogP contribution in [0.15, 0.2) is 36.5 Å². The lowest BCUT2D eigenvalue weighted by Crippen LogP contribution is -2.41. The molecule has 1 amide bonds. The molecule has 136 valence electrons. The van der Waals surface area contributed by atoms with Gasteiger partial charge in [-0.25, -0.2) is 9.78 Å². The third-order valence-corrected chi connectivity index (χ3v) is 4.59. The number of piperidine rings is 1. The summed E-state index contributed by atoms with van der Waals surface area (Å²) in [6, 6.07) is 9.02. The maximum absolute atomic E-state index is 12.6. The van der Waals surface area contributed by atoms with E-state index in [0.717, 1.165) is 29.7 Å². The van der Waals surface area contributed by atoms with E-state index in [1.165, 1.54) is 12.3 Å². The number of carboxylic acids is 1. The van der Waals surface area contributed by atoms with Crippen LogP contribution in [-0.2, 0) is 0 Å². The number of nitrogens with zero attached hydrogens (tertiary/aromatic N) is 2. The molecule has 6 heteroatoms. The lowest BCUT2D eigenvalue weighted by Gasteiger charge is -2.32. The monoisotopic (exact) mass is 354 g/mol. The summed E-state index contributed by atoms with van der Waals surface area (Å²) in [6.07, 6.45) is 2.92. The molecule has 26 heavy (non-hydrogen) atoms. The number of hydrogen-bond donors (Lipinski definition) is 1. The number of hydrogen-bond acceptors (Lipinski definition) is 4. The average Bonchev–Trinajstić information content (AvgIpc) is 2.65. The highest BCUT2D eigenvalue weighted by molar-refractivity contribution is 5.96. The van der Waals surface area contributed by atoms with Crippen LogP contribution in [-0.4, -0.2) is 46.1 Å². The number of benzene rings is 1. The average molecular weight is 354 g/mol. The van der Waals surface area contributed by atoms with Crippen LogP contribution < -0.4 is 4.74 Å². The summed E-state index contributed by atoms with van der Waals surface area (Å²) < 4.78 is 6.13. The molecule has 1 N–H and O–H groups in total. The fourth-order valence-electron chi connectivity index (χ4n) is 3.05. The van der Waals surface area contributed by atoms with E-state index in [9.17, 15) is 9.59 Å². The molecule has 1 aliphatic heterocycles. The Morgan fingerprint density at radius 3 is 2.58 bits per heavy atom. The highest BCUT2D eigenvalue weighted by atomic mass is 16.5. The van der Waals surface area contributed by atoms with Gasteiger partial charge in [0.1, 0.15) is 17.5 Å².